The van der Waals surface area contributed by atoms with E-state index in [4.69, 9.17) is 18.5 Å². The molecule has 318 valence electrons. The van der Waals surface area contributed by atoms with Gasteiger partial charge in [-0.05, 0) is 12.8 Å². The van der Waals surface area contributed by atoms with Gasteiger partial charge < -0.3 is 18.9 Å². The van der Waals surface area contributed by atoms with Gasteiger partial charge in [0.05, 0.1) is 34.4 Å². The van der Waals surface area contributed by atoms with Gasteiger partial charge in [-0.2, -0.15) is 0 Å². The number of ether oxygens (including phenoxy) is 2. The third kappa shape index (κ3) is 42.5. The van der Waals surface area contributed by atoms with Crippen molar-refractivity contribution in [2.24, 2.45) is 0 Å². The van der Waals surface area contributed by atoms with Gasteiger partial charge >= 0.3 is 13.8 Å². The fourth-order valence-corrected chi connectivity index (χ4v) is 7.35. The second kappa shape index (κ2) is 38.4. The zero-order valence-electron chi connectivity index (χ0n) is 36.0. The molecule has 0 heterocycles. The lowest BCUT2D eigenvalue weighted by atomic mass is 10.0. The Labute approximate surface area is 329 Å². The summed E-state index contributed by atoms with van der Waals surface area (Å²) in [5.74, 6) is -0.315. The Kier molecular flexibility index (Phi) is 38.0. The molecule has 0 aromatic heterocycles. The molecule has 0 spiro atoms. The predicted molar refractivity (Wildman–Crippen MR) is 224 cm³/mol. The van der Waals surface area contributed by atoms with Gasteiger partial charge in [0.2, 0.25) is 0 Å². The molecule has 0 saturated carbocycles. The van der Waals surface area contributed by atoms with Crippen LogP contribution in [0.2, 0.25) is 0 Å². The highest BCUT2D eigenvalue weighted by atomic mass is 31.2. The van der Waals surface area contributed by atoms with Crippen molar-refractivity contribution in [3.8, 4) is 0 Å². The van der Waals surface area contributed by atoms with E-state index in [0.29, 0.717) is 24.1 Å². The summed E-state index contributed by atoms with van der Waals surface area (Å²) in [5, 5.41) is 0. The molecule has 0 aliphatic rings. The van der Waals surface area contributed by atoms with Crippen molar-refractivity contribution in [1.82, 2.24) is 0 Å². The number of rotatable bonds is 43. The minimum atomic E-state index is -4.26. The topological polar surface area (TPSA) is 91.3 Å². The Morgan fingerprint density at radius 2 is 0.868 bits per heavy atom. The van der Waals surface area contributed by atoms with Gasteiger partial charge in [-0.25, -0.2) is 4.57 Å². The highest BCUT2D eigenvalue weighted by Crippen LogP contribution is 2.43. The van der Waals surface area contributed by atoms with Crippen LogP contribution in [-0.2, 0) is 27.9 Å². The standard InChI is InChI=1S/C44H90NO7P/c1-6-8-10-12-14-15-16-17-18-19-20-21-22-23-24-25-26-27-28-29-30-32-34-36-39-49-41-43(42-51-53(47,48)50-40-38-45(3,4)5)52-44(46)37-35-33-31-13-11-9-7-2/h43H,6-42H2,1-5H3/p+1. The average Bonchev–Trinajstić information content (AvgIpc) is 3.11. The molecule has 8 nitrogen and oxygen atoms in total. The second-order valence-corrected chi connectivity index (χ2v) is 18.3. The van der Waals surface area contributed by atoms with E-state index < -0.39 is 13.9 Å². The van der Waals surface area contributed by atoms with Gasteiger partial charge in [-0.15, -0.1) is 0 Å². The highest BCUT2D eigenvalue weighted by Gasteiger charge is 2.26. The Balaban J connectivity index is 3.91. The highest BCUT2D eigenvalue weighted by molar-refractivity contribution is 7.47. The molecule has 9 heteroatoms. The maximum Gasteiger partial charge on any atom is 0.472 e. The van der Waals surface area contributed by atoms with Gasteiger partial charge in [-0.3, -0.25) is 13.8 Å². The lowest BCUT2D eigenvalue weighted by molar-refractivity contribution is -0.870. The number of hydrogen-bond acceptors (Lipinski definition) is 6. The number of likely N-dealkylation sites (N-methyl/N-ethyl adjacent to an activating group) is 1. The summed E-state index contributed by atoms with van der Waals surface area (Å²) >= 11 is 0. The van der Waals surface area contributed by atoms with Gasteiger partial charge in [0.1, 0.15) is 19.3 Å². The largest absolute Gasteiger partial charge is 0.472 e. The first kappa shape index (κ1) is 52.5. The molecule has 53 heavy (non-hydrogen) atoms. The van der Waals surface area contributed by atoms with E-state index >= 15 is 0 Å². The molecule has 0 radical (unpaired) electrons. The maximum absolute atomic E-state index is 12.5. The van der Waals surface area contributed by atoms with Crippen LogP contribution >= 0.6 is 7.82 Å². The first-order valence-electron chi connectivity index (χ1n) is 22.8. The zero-order chi connectivity index (χ0) is 39.1. The third-order valence-electron chi connectivity index (χ3n) is 10.2. The smallest absolute Gasteiger partial charge is 0.457 e. The summed E-state index contributed by atoms with van der Waals surface area (Å²) in [4.78, 5) is 22.7. The van der Waals surface area contributed by atoms with Crippen LogP contribution in [0.3, 0.4) is 0 Å². The normalized spacial score (nSPS) is 13.7. The van der Waals surface area contributed by atoms with Gasteiger partial charge in [0.25, 0.3) is 0 Å². The number of phosphoric acid groups is 1. The molecule has 2 atom stereocenters. The summed E-state index contributed by atoms with van der Waals surface area (Å²) in [6, 6.07) is 0. The third-order valence-corrected chi connectivity index (χ3v) is 11.2. The van der Waals surface area contributed by atoms with E-state index in [1.54, 1.807) is 0 Å². The number of phosphoric ester groups is 1. The van der Waals surface area contributed by atoms with Crippen molar-refractivity contribution < 1.29 is 37.3 Å². The molecule has 0 amide bonds. The van der Waals surface area contributed by atoms with Crippen LogP contribution in [-0.4, -0.2) is 75.6 Å². The monoisotopic (exact) mass is 777 g/mol. The molecule has 0 bridgehead atoms. The molecular weight excluding hydrogens is 685 g/mol. The zero-order valence-corrected chi connectivity index (χ0v) is 36.9. The van der Waals surface area contributed by atoms with E-state index in [0.717, 1.165) is 32.1 Å². The molecule has 0 rings (SSSR count). The van der Waals surface area contributed by atoms with E-state index in [2.05, 4.69) is 13.8 Å². The van der Waals surface area contributed by atoms with Gasteiger partial charge in [0, 0.05) is 13.0 Å². The summed E-state index contributed by atoms with van der Waals surface area (Å²) in [6.07, 6.45) is 40.3. The number of esters is 1. The number of unbranched alkanes of at least 4 members (excludes halogenated alkanes) is 29. The summed E-state index contributed by atoms with van der Waals surface area (Å²) < 4.78 is 34.9. The van der Waals surface area contributed by atoms with E-state index in [1.165, 1.54) is 167 Å². The van der Waals surface area contributed by atoms with Crippen molar-refractivity contribution >= 4 is 13.8 Å². The molecule has 0 aliphatic heterocycles. The number of quaternary nitrogens is 1. The maximum atomic E-state index is 12.5. The van der Waals surface area contributed by atoms with E-state index in [9.17, 15) is 14.3 Å². The summed E-state index contributed by atoms with van der Waals surface area (Å²) in [6.45, 7) is 5.63. The van der Waals surface area contributed by atoms with Crippen LogP contribution in [0.5, 0.6) is 0 Å². The van der Waals surface area contributed by atoms with Crippen LogP contribution < -0.4 is 0 Å². The van der Waals surface area contributed by atoms with Crippen molar-refractivity contribution in [2.75, 3.05) is 54.1 Å². The van der Waals surface area contributed by atoms with Crippen molar-refractivity contribution in [3.05, 3.63) is 0 Å². The first-order chi connectivity index (χ1) is 25.6. The minimum Gasteiger partial charge on any atom is -0.457 e. The van der Waals surface area contributed by atoms with E-state index in [-0.39, 0.29) is 25.8 Å². The quantitative estimate of drug-likeness (QED) is 0.0285. The van der Waals surface area contributed by atoms with Crippen molar-refractivity contribution in [1.29, 1.82) is 0 Å². The van der Waals surface area contributed by atoms with Crippen LogP contribution in [0, 0.1) is 0 Å². The molecule has 1 N–H and O–H groups in total. The summed E-state index contributed by atoms with van der Waals surface area (Å²) in [5.41, 5.74) is 0. The Morgan fingerprint density at radius 3 is 1.25 bits per heavy atom. The number of carbonyl (C=O) groups is 1. The van der Waals surface area contributed by atoms with Gasteiger partial charge in [-0.1, -0.05) is 200 Å². The molecule has 0 aromatic rings. The van der Waals surface area contributed by atoms with Gasteiger partial charge in [0.15, 0.2) is 0 Å². The Morgan fingerprint density at radius 1 is 0.509 bits per heavy atom. The molecular formula is C44H91NO7P+. The fraction of sp³-hybridized carbons (Fsp3) is 0.977. The predicted octanol–water partition coefficient (Wildman–Crippen LogP) is 13.3. The molecule has 0 saturated heterocycles. The van der Waals surface area contributed by atoms with Crippen LogP contribution in [0.15, 0.2) is 0 Å². The van der Waals surface area contributed by atoms with Crippen LogP contribution in [0.1, 0.15) is 219 Å². The van der Waals surface area contributed by atoms with E-state index in [1.807, 2.05) is 21.1 Å². The number of hydrogen-bond donors (Lipinski definition) is 1. The fourth-order valence-electron chi connectivity index (χ4n) is 6.61. The molecule has 2 unspecified atom stereocenters. The molecule has 0 aromatic carbocycles. The minimum absolute atomic E-state index is 0.0933. The number of nitrogens with zero attached hydrogens (tertiary/aromatic N) is 1. The molecule has 0 aliphatic carbocycles. The molecule has 0 fully saturated rings. The SMILES string of the molecule is CCCCCCCCCCCCCCCCCCCCCCCCCCOCC(COP(=O)(O)OCC[N+](C)(C)C)OC(=O)CCCCCCCCC. The lowest BCUT2D eigenvalue weighted by Crippen LogP contribution is -2.37. The second-order valence-electron chi connectivity index (χ2n) is 16.8. The van der Waals surface area contributed by atoms with Crippen molar-refractivity contribution in [2.45, 2.75) is 225 Å². The summed E-state index contributed by atoms with van der Waals surface area (Å²) in [7, 11) is 1.68. The van der Waals surface area contributed by atoms with Crippen LogP contribution in [0.4, 0.5) is 0 Å². The average molecular weight is 777 g/mol. The van der Waals surface area contributed by atoms with Crippen LogP contribution in [0.25, 0.3) is 0 Å². The lowest BCUT2D eigenvalue weighted by Gasteiger charge is -2.24. The number of carbonyl (C=O) groups excluding carboxylic acids is 1. The first-order valence-corrected chi connectivity index (χ1v) is 24.3. The van der Waals surface area contributed by atoms with Crippen molar-refractivity contribution in [3.63, 3.8) is 0 Å². The Hall–Kier alpha value is -0.500. The Bertz CT molecular complexity index is 822.